The van der Waals surface area contributed by atoms with Crippen LogP contribution in [0.1, 0.15) is 52.0 Å². The van der Waals surface area contributed by atoms with Crippen LogP contribution in [0.2, 0.25) is 0 Å². The van der Waals surface area contributed by atoms with Crippen molar-refractivity contribution in [3.05, 3.63) is 35.9 Å². The number of unbranched alkanes of at least 4 members (excludes halogenated alkanes) is 1. The zero-order valence-electron chi connectivity index (χ0n) is 18.6. The zero-order chi connectivity index (χ0) is 21.8. The van der Waals surface area contributed by atoms with Crippen LogP contribution in [0, 0.1) is 5.92 Å². The highest BCUT2D eigenvalue weighted by Gasteiger charge is 2.23. The third kappa shape index (κ3) is 9.96. The average Bonchev–Trinajstić information content (AvgIpc) is 2.71. The van der Waals surface area contributed by atoms with Crippen molar-refractivity contribution in [1.82, 2.24) is 15.5 Å². The van der Waals surface area contributed by atoms with Crippen molar-refractivity contribution in [3.8, 4) is 0 Å². The molecule has 7 nitrogen and oxygen atoms in total. The number of alkyl carbamates (subject to hydrolysis) is 1. The number of nitrogens with one attached hydrogen (secondary N) is 2. The Hall–Kier alpha value is -2.28. The summed E-state index contributed by atoms with van der Waals surface area (Å²) in [6.45, 7) is 9.91. The fourth-order valence-corrected chi connectivity index (χ4v) is 3.32. The molecule has 0 atom stereocenters. The first-order valence-corrected chi connectivity index (χ1v) is 11.0. The number of rotatable bonds is 9. The summed E-state index contributed by atoms with van der Waals surface area (Å²) >= 11 is 0. The summed E-state index contributed by atoms with van der Waals surface area (Å²) in [7, 11) is 0. The number of piperidine rings is 1. The number of hydrogen-bond donors (Lipinski definition) is 2. The Morgan fingerprint density at radius 1 is 1.07 bits per heavy atom. The number of hydrogen-bond acceptors (Lipinski definition) is 5. The molecule has 2 N–H and O–H groups in total. The van der Waals surface area contributed by atoms with E-state index in [-0.39, 0.29) is 12.2 Å². The topological polar surface area (TPSA) is 79.9 Å². The number of benzene rings is 1. The molecule has 0 aromatic heterocycles. The Bertz CT molecular complexity index is 638. The molecule has 7 heteroatoms. The molecule has 1 aromatic carbocycles. The van der Waals surface area contributed by atoms with Crippen LogP contribution in [-0.4, -0.2) is 55.4 Å². The SMILES string of the molecule is CC(C)(C)OC(=O)NCCCCNCC1CCN(C(=O)OCc2ccccc2)CC1. The van der Waals surface area contributed by atoms with E-state index in [1.807, 2.05) is 56.0 Å². The molecule has 2 amide bonds. The van der Waals surface area contributed by atoms with Gasteiger partial charge >= 0.3 is 12.2 Å². The molecule has 0 unspecified atom stereocenters. The Balaban J connectivity index is 1.47. The second-order valence-corrected chi connectivity index (χ2v) is 8.81. The Morgan fingerprint density at radius 3 is 2.40 bits per heavy atom. The number of ether oxygens (including phenoxy) is 2. The highest BCUT2D eigenvalue weighted by atomic mass is 16.6. The average molecular weight is 420 g/mol. The summed E-state index contributed by atoms with van der Waals surface area (Å²) in [6, 6.07) is 9.75. The van der Waals surface area contributed by atoms with Crippen LogP contribution < -0.4 is 10.6 Å². The van der Waals surface area contributed by atoms with E-state index in [0.717, 1.165) is 57.4 Å². The molecule has 2 rings (SSSR count). The summed E-state index contributed by atoms with van der Waals surface area (Å²) in [4.78, 5) is 25.6. The number of carbonyl (C=O) groups excluding carboxylic acids is 2. The third-order valence-electron chi connectivity index (χ3n) is 4.96. The molecule has 0 aliphatic carbocycles. The molecule has 0 bridgehead atoms. The minimum atomic E-state index is -0.458. The number of carbonyl (C=O) groups is 2. The van der Waals surface area contributed by atoms with Gasteiger partial charge < -0.3 is 25.0 Å². The predicted octanol–water partition coefficient (Wildman–Crippen LogP) is 3.93. The Labute approximate surface area is 180 Å². The molecular weight excluding hydrogens is 382 g/mol. The highest BCUT2D eigenvalue weighted by Crippen LogP contribution is 2.17. The van der Waals surface area contributed by atoms with E-state index in [0.29, 0.717) is 19.1 Å². The monoisotopic (exact) mass is 419 g/mol. The van der Waals surface area contributed by atoms with Gasteiger partial charge in [0, 0.05) is 19.6 Å². The van der Waals surface area contributed by atoms with E-state index < -0.39 is 5.60 Å². The summed E-state index contributed by atoms with van der Waals surface area (Å²) < 4.78 is 10.6. The van der Waals surface area contributed by atoms with Gasteiger partial charge in [-0.05, 0) is 71.0 Å². The second-order valence-electron chi connectivity index (χ2n) is 8.81. The molecular formula is C23H37N3O4. The molecule has 168 valence electrons. The Morgan fingerprint density at radius 2 is 1.73 bits per heavy atom. The lowest BCUT2D eigenvalue weighted by Gasteiger charge is -2.31. The van der Waals surface area contributed by atoms with E-state index in [1.54, 1.807) is 0 Å². The van der Waals surface area contributed by atoms with Crippen molar-refractivity contribution >= 4 is 12.2 Å². The van der Waals surface area contributed by atoms with E-state index in [1.165, 1.54) is 0 Å². The summed E-state index contributed by atoms with van der Waals surface area (Å²) in [5.41, 5.74) is 0.547. The first kappa shape index (κ1) is 24.0. The molecule has 0 saturated carbocycles. The van der Waals surface area contributed by atoms with E-state index in [9.17, 15) is 9.59 Å². The largest absolute Gasteiger partial charge is 0.445 e. The van der Waals surface area contributed by atoms with Crippen molar-refractivity contribution in [2.45, 2.75) is 58.7 Å². The number of likely N-dealkylation sites (tertiary alicyclic amines) is 1. The van der Waals surface area contributed by atoms with Gasteiger partial charge in [0.05, 0.1) is 0 Å². The van der Waals surface area contributed by atoms with Gasteiger partial charge in [0.1, 0.15) is 12.2 Å². The van der Waals surface area contributed by atoms with Gasteiger partial charge in [-0.15, -0.1) is 0 Å². The molecule has 1 saturated heterocycles. The maximum absolute atomic E-state index is 12.2. The smallest absolute Gasteiger partial charge is 0.410 e. The quantitative estimate of drug-likeness (QED) is 0.593. The van der Waals surface area contributed by atoms with Crippen molar-refractivity contribution in [3.63, 3.8) is 0 Å². The first-order chi connectivity index (χ1) is 14.3. The highest BCUT2D eigenvalue weighted by molar-refractivity contribution is 5.68. The minimum absolute atomic E-state index is 0.220. The standard InChI is InChI=1S/C23H37N3O4/c1-23(2,3)30-21(27)25-14-8-7-13-24-17-19-11-15-26(16-12-19)22(28)29-18-20-9-5-4-6-10-20/h4-6,9-10,19,24H,7-8,11-18H2,1-3H3,(H,25,27). The van der Waals surface area contributed by atoms with Crippen LogP contribution in [-0.2, 0) is 16.1 Å². The van der Waals surface area contributed by atoms with Crippen LogP contribution in [0.4, 0.5) is 9.59 Å². The summed E-state index contributed by atoms with van der Waals surface area (Å²) in [5.74, 6) is 0.586. The van der Waals surface area contributed by atoms with E-state index >= 15 is 0 Å². The van der Waals surface area contributed by atoms with E-state index in [2.05, 4.69) is 10.6 Å². The van der Waals surface area contributed by atoms with Crippen LogP contribution >= 0.6 is 0 Å². The van der Waals surface area contributed by atoms with Gasteiger partial charge in [-0.3, -0.25) is 0 Å². The molecule has 1 fully saturated rings. The molecule has 1 aliphatic heterocycles. The molecule has 0 spiro atoms. The lowest BCUT2D eigenvalue weighted by molar-refractivity contribution is 0.0527. The van der Waals surface area contributed by atoms with Gasteiger partial charge in [-0.2, -0.15) is 0 Å². The maximum Gasteiger partial charge on any atom is 0.410 e. The first-order valence-electron chi connectivity index (χ1n) is 11.0. The maximum atomic E-state index is 12.2. The minimum Gasteiger partial charge on any atom is -0.445 e. The molecule has 0 radical (unpaired) electrons. The van der Waals surface area contributed by atoms with Crippen molar-refractivity contribution in [2.75, 3.05) is 32.7 Å². The number of amides is 2. The third-order valence-corrected chi connectivity index (χ3v) is 4.96. The van der Waals surface area contributed by atoms with Gasteiger partial charge in [0.25, 0.3) is 0 Å². The Kier molecular flexibility index (Phi) is 9.94. The van der Waals surface area contributed by atoms with Crippen molar-refractivity contribution < 1.29 is 19.1 Å². The van der Waals surface area contributed by atoms with Crippen LogP contribution in [0.5, 0.6) is 0 Å². The summed E-state index contributed by atoms with van der Waals surface area (Å²) in [5, 5.41) is 6.27. The van der Waals surface area contributed by atoms with E-state index in [4.69, 9.17) is 9.47 Å². The van der Waals surface area contributed by atoms with Crippen LogP contribution in [0.3, 0.4) is 0 Å². The molecule has 30 heavy (non-hydrogen) atoms. The summed E-state index contributed by atoms with van der Waals surface area (Å²) in [6.07, 6.45) is 3.33. The zero-order valence-corrected chi connectivity index (χ0v) is 18.6. The molecule has 1 heterocycles. The fourth-order valence-electron chi connectivity index (χ4n) is 3.32. The lowest BCUT2D eigenvalue weighted by atomic mass is 9.97. The number of nitrogens with zero attached hydrogens (tertiary/aromatic N) is 1. The normalized spacial score (nSPS) is 15.0. The second kappa shape index (κ2) is 12.4. The lowest BCUT2D eigenvalue weighted by Crippen LogP contribution is -2.41. The van der Waals surface area contributed by atoms with Gasteiger partial charge in [-0.25, -0.2) is 9.59 Å². The van der Waals surface area contributed by atoms with Gasteiger partial charge in [0.2, 0.25) is 0 Å². The van der Waals surface area contributed by atoms with Crippen molar-refractivity contribution in [1.29, 1.82) is 0 Å². The van der Waals surface area contributed by atoms with Gasteiger partial charge in [0.15, 0.2) is 0 Å². The van der Waals surface area contributed by atoms with Gasteiger partial charge in [-0.1, -0.05) is 30.3 Å². The van der Waals surface area contributed by atoms with Crippen molar-refractivity contribution in [2.24, 2.45) is 5.92 Å². The molecule has 1 aliphatic rings. The molecule has 1 aromatic rings. The predicted molar refractivity (Wildman–Crippen MR) is 117 cm³/mol. The van der Waals surface area contributed by atoms with Crippen LogP contribution in [0.25, 0.3) is 0 Å². The fraction of sp³-hybridized carbons (Fsp3) is 0.652. The van der Waals surface area contributed by atoms with Crippen LogP contribution in [0.15, 0.2) is 30.3 Å².